The van der Waals surface area contributed by atoms with E-state index in [4.69, 9.17) is 0 Å². The van der Waals surface area contributed by atoms with Gasteiger partial charge in [0.25, 0.3) is 11.8 Å². The lowest BCUT2D eigenvalue weighted by Crippen LogP contribution is -2.58. The first kappa shape index (κ1) is 15.7. The number of carbonyl (C=O) groups excluding carboxylic acids is 2. The van der Waals surface area contributed by atoms with E-state index in [1.807, 2.05) is 9.80 Å². The van der Waals surface area contributed by atoms with E-state index < -0.39 is 0 Å². The Morgan fingerprint density at radius 1 is 0.958 bits per heavy atom. The van der Waals surface area contributed by atoms with Crippen molar-refractivity contribution in [1.29, 1.82) is 0 Å². The van der Waals surface area contributed by atoms with Gasteiger partial charge in [-0.15, -0.1) is 22.7 Å². The smallest absolute Gasteiger partial charge is 0.273 e. The Labute approximate surface area is 148 Å². The maximum Gasteiger partial charge on any atom is 0.273 e. The van der Waals surface area contributed by atoms with Gasteiger partial charge in [0.15, 0.2) is 0 Å². The Balaban J connectivity index is 1.57. The number of rotatable bonds is 2. The second-order valence-electron chi connectivity index (χ2n) is 6.36. The first-order valence-corrected chi connectivity index (χ1v) is 9.96. The van der Waals surface area contributed by atoms with Crippen molar-refractivity contribution in [3.8, 4) is 0 Å². The zero-order chi connectivity index (χ0) is 16.6. The van der Waals surface area contributed by atoms with Gasteiger partial charge in [-0.1, -0.05) is 0 Å². The number of likely N-dealkylation sites (tertiary alicyclic amines) is 2. The van der Waals surface area contributed by atoms with Crippen molar-refractivity contribution in [2.75, 3.05) is 19.6 Å². The maximum atomic E-state index is 12.8. The maximum absolute atomic E-state index is 12.8. The van der Waals surface area contributed by atoms with Crippen LogP contribution in [-0.2, 0) is 0 Å². The summed E-state index contributed by atoms with van der Waals surface area (Å²) in [7, 11) is 0. The average molecular weight is 362 g/mol. The SMILES string of the molecule is O=C(c1cscn1)N1CCC[C@]2(CCCN2C(=O)c2cscn2)C1. The number of aromatic nitrogens is 2. The molecule has 6 nitrogen and oxygen atoms in total. The summed E-state index contributed by atoms with van der Waals surface area (Å²) in [6.07, 6.45) is 3.79. The highest BCUT2D eigenvalue weighted by Gasteiger charge is 2.47. The van der Waals surface area contributed by atoms with E-state index in [9.17, 15) is 9.59 Å². The molecular formula is C16H18N4O2S2. The number of thiazole rings is 2. The first-order valence-electron chi connectivity index (χ1n) is 8.07. The van der Waals surface area contributed by atoms with Gasteiger partial charge in [-0.2, -0.15) is 0 Å². The van der Waals surface area contributed by atoms with Crippen molar-refractivity contribution in [2.24, 2.45) is 0 Å². The van der Waals surface area contributed by atoms with E-state index in [2.05, 4.69) is 9.97 Å². The van der Waals surface area contributed by atoms with Gasteiger partial charge in [-0.25, -0.2) is 9.97 Å². The summed E-state index contributed by atoms with van der Waals surface area (Å²) in [5.41, 5.74) is 4.15. The molecule has 2 fully saturated rings. The highest BCUT2D eigenvalue weighted by molar-refractivity contribution is 7.08. The molecule has 0 radical (unpaired) electrons. The fraction of sp³-hybridized carbons (Fsp3) is 0.500. The van der Waals surface area contributed by atoms with Gasteiger partial charge in [-0.05, 0) is 25.7 Å². The van der Waals surface area contributed by atoms with Gasteiger partial charge in [0.2, 0.25) is 0 Å². The third-order valence-corrected chi connectivity index (χ3v) is 6.16. The van der Waals surface area contributed by atoms with Crippen LogP contribution >= 0.6 is 22.7 Å². The lowest BCUT2D eigenvalue weighted by molar-refractivity contribution is 0.0269. The number of amides is 2. The molecule has 0 N–H and O–H groups in total. The normalized spacial score (nSPS) is 23.8. The van der Waals surface area contributed by atoms with Crippen LogP contribution in [0.1, 0.15) is 46.7 Å². The minimum absolute atomic E-state index is 0.00305. The van der Waals surface area contributed by atoms with Crippen molar-refractivity contribution in [2.45, 2.75) is 31.2 Å². The third kappa shape index (κ3) is 2.63. The third-order valence-electron chi connectivity index (χ3n) is 4.99. The van der Waals surface area contributed by atoms with E-state index >= 15 is 0 Å². The molecule has 24 heavy (non-hydrogen) atoms. The Kier molecular flexibility index (Phi) is 4.09. The van der Waals surface area contributed by atoms with Crippen LogP contribution in [0.5, 0.6) is 0 Å². The predicted molar refractivity (Wildman–Crippen MR) is 92.4 cm³/mol. The summed E-state index contributed by atoms with van der Waals surface area (Å²) in [5, 5.41) is 3.59. The monoisotopic (exact) mass is 362 g/mol. The fourth-order valence-corrected chi connectivity index (χ4v) is 4.95. The van der Waals surface area contributed by atoms with Crippen molar-refractivity contribution in [1.82, 2.24) is 19.8 Å². The van der Waals surface area contributed by atoms with Crippen LogP contribution in [0.15, 0.2) is 21.8 Å². The molecule has 0 unspecified atom stereocenters. The fourth-order valence-electron chi connectivity index (χ4n) is 3.90. The first-order chi connectivity index (χ1) is 11.7. The Bertz CT molecular complexity index is 731. The Hall–Kier alpha value is -1.80. The standard InChI is InChI=1S/C16H18N4O2S2/c21-14(12-7-23-10-17-12)19-5-1-3-16(9-19)4-2-6-20(16)15(22)13-8-24-11-18-13/h7-8,10-11H,1-6,9H2/t16-/m0/s1. The molecule has 4 heterocycles. The number of hydrogen-bond donors (Lipinski definition) is 0. The number of piperidine rings is 1. The summed E-state index contributed by atoms with van der Waals surface area (Å²) in [4.78, 5) is 37.6. The molecule has 2 amide bonds. The molecule has 0 aliphatic carbocycles. The van der Waals surface area contributed by atoms with Crippen LogP contribution in [0.25, 0.3) is 0 Å². The molecule has 126 valence electrons. The lowest BCUT2D eigenvalue weighted by Gasteiger charge is -2.45. The zero-order valence-electron chi connectivity index (χ0n) is 13.2. The Morgan fingerprint density at radius 3 is 2.21 bits per heavy atom. The molecule has 0 aromatic carbocycles. The van der Waals surface area contributed by atoms with E-state index in [0.29, 0.717) is 17.9 Å². The molecule has 2 aliphatic heterocycles. The molecule has 2 saturated heterocycles. The quantitative estimate of drug-likeness (QED) is 0.823. The highest BCUT2D eigenvalue weighted by Crippen LogP contribution is 2.38. The van der Waals surface area contributed by atoms with Crippen LogP contribution < -0.4 is 0 Å². The lowest BCUT2D eigenvalue weighted by atomic mass is 9.86. The summed E-state index contributed by atoms with van der Waals surface area (Å²) >= 11 is 2.86. The van der Waals surface area contributed by atoms with E-state index in [1.165, 1.54) is 22.7 Å². The van der Waals surface area contributed by atoms with Gasteiger partial charge in [-0.3, -0.25) is 9.59 Å². The van der Waals surface area contributed by atoms with Crippen molar-refractivity contribution in [3.05, 3.63) is 33.2 Å². The van der Waals surface area contributed by atoms with Crippen LogP contribution in [-0.4, -0.2) is 56.8 Å². The number of nitrogens with zero attached hydrogens (tertiary/aromatic N) is 4. The average Bonchev–Trinajstić information content (AvgIpc) is 3.35. The van der Waals surface area contributed by atoms with Gasteiger partial charge in [0, 0.05) is 30.4 Å². The van der Waals surface area contributed by atoms with Crippen LogP contribution in [0.4, 0.5) is 0 Å². The molecule has 4 rings (SSSR count). The van der Waals surface area contributed by atoms with Gasteiger partial charge in [0.1, 0.15) is 11.4 Å². The van der Waals surface area contributed by atoms with E-state index in [-0.39, 0.29) is 17.4 Å². The van der Waals surface area contributed by atoms with Crippen molar-refractivity contribution >= 4 is 34.5 Å². The topological polar surface area (TPSA) is 66.4 Å². The molecule has 8 heteroatoms. The molecular weight excluding hydrogens is 344 g/mol. The number of hydrogen-bond acceptors (Lipinski definition) is 6. The van der Waals surface area contributed by atoms with Crippen molar-refractivity contribution in [3.63, 3.8) is 0 Å². The van der Waals surface area contributed by atoms with E-state index in [1.54, 1.807) is 21.8 Å². The van der Waals surface area contributed by atoms with Gasteiger partial charge < -0.3 is 9.80 Å². The zero-order valence-corrected chi connectivity index (χ0v) is 14.8. The minimum Gasteiger partial charge on any atom is -0.335 e. The molecule has 1 spiro atoms. The molecule has 2 aromatic rings. The summed E-state index contributed by atoms with van der Waals surface area (Å²) in [6, 6.07) is 0. The van der Waals surface area contributed by atoms with Crippen LogP contribution in [0.3, 0.4) is 0 Å². The Morgan fingerprint density at radius 2 is 1.58 bits per heavy atom. The molecule has 2 aliphatic rings. The molecule has 0 saturated carbocycles. The molecule has 0 bridgehead atoms. The van der Waals surface area contributed by atoms with Crippen LogP contribution in [0.2, 0.25) is 0 Å². The largest absolute Gasteiger partial charge is 0.335 e. The van der Waals surface area contributed by atoms with Gasteiger partial charge >= 0.3 is 0 Å². The van der Waals surface area contributed by atoms with Gasteiger partial charge in [0.05, 0.1) is 16.6 Å². The molecule has 1 atom stereocenters. The number of carbonyl (C=O) groups is 2. The minimum atomic E-state index is -0.245. The highest BCUT2D eigenvalue weighted by atomic mass is 32.1. The summed E-state index contributed by atoms with van der Waals surface area (Å²) in [6.45, 7) is 2.07. The summed E-state index contributed by atoms with van der Waals surface area (Å²) < 4.78 is 0. The predicted octanol–water partition coefficient (Wildman–Crippen LogP) is 2.51. The molecule has 2 aromatic heterocycles. The van der Waals surface area contributed by atoms with E-state index in [0.717, 1.165) is 38.8 Å². The second kappa shape index (κ2) is 6.25. The summed E-state index contributed by atoms with van der Waals surface area (Å²) in [5.74, 6) is -0.0278. The second-order valence-corrected chi connectivity index (χ2v) is 7.80. The van der Waals surface area contributed by atoms with Crippen LogP contribution in [0, 0.1) is 0 Å². The van der Waals surface area contributed by atoms with Crippen molar-refractivity contribution < 1.29 is 9.59 Å².